The van der Waals surface area contributed by atoms with Crippen molar-refractivity contribution >= 4 is 0 Å². The third-order valence-electron chi connectivity index (χ3n) is 5.49. The molecule has 0 aromatic heterocycles. The molecule has 0 amide bonds. The van der Waals surface area contributed by atoms with E-state index in [1.165, 1.54) is 17.7 Å². The lowest BCUT2D eigenvalue weighted by atomic mass is 9.83. The molecule has 0 heterocycles. The van der Waals surface area contributed by atoms with Gasteiger partial charge in [-0.2, -0.15) is 13.2 Å². The van der Waals surface area contributed by atoms with E-state index < -0.39 is 29.2 Å². The first-order valence-corrected chi connectivity index (χ1v) is 9.70. The Morgan fingerprint density at radius 1 is 0.733 bits per heavy atom. The summed E-state index contributed by atoms with van der Waals surface area (Å²) in [7, 11) is 0. The Bertz CT molecular complexity index is 1100. The Morgan fingerprint density at radius 2 is 1.37 bits per heavy atom. The molecule has 0 bridgehead atoms. The van der Waals surface area contributed by atoms with Crippen molar-refractivity contribution in [3.63, 3.8) is 0 Å². The molecule has 0 radical (unpaired) electrons. The number of benzene rings is 3. The van der Waals surface area contributed by atoms with Crippen LogP contribution in [0.1, 0.15) is 35.6 Å². The van der Waals surface area contributed by atoms with E-state index in [0.717, 1.165) is 36.0 Å². The molecule has 1 aliphatic carbocycles. The molecule has 30 heavy (non-hydrogen) atoms. The molecule has 1 aliphatic rings. The van der Waals surface area contributed by atoms with Crippen molar-refractivity contribution < 1.29 is 26.3 Å². The second-order valence-corrected chi connectivity index (χ2v) is 7.54. The number of halogens is 6. The number of rotatable bonds is 3. The van der Waals surface area contributed by atoms with E-state index >= 15 is 0 Å². The van der Waals surface area contributed by atoms with E-state index in [0.29, 0.717) is 24.1 Å². The predicted octanol–water partition coefficient (Wildman–Crippen LogP) is 7.51. The first-order valence-electron chi connectivity index (χ1n) is 9.70. The summed E-state index contributed by atoms with van der Waals surface area (Å²) in [5.41, 5.74) is 2.39. The van der Waals surface area contributed by atoms with Gasteiger partial charge in [-0.05, 0) is 76.9 Å². The highest BCUT2D eigenvalue weighted by Gasteiger charge is 2.38. The van der Waals surface area contributed by atoms with Crippen LogP contribution < -0.4 is 0 Å². The van der Waals surface area contributed by atoms with Gasteiger partial charge < -0.3 is 0 Å². The highest BCUT2D eigenvalue weighted by atomic mass is 19.4. The first kappa shape index (κ1) is 20.5. The van der Waals surface area contributed by atoms with Crippen molar-refractivity contribution in [1.82, 2.24) is 0 Å². The Kier molecular flexibility index (Phi) is 5.12. The summed E-state index contributed by atoms with van der Waals surface area (Å²) in [4.78, 5) is 0. The minimum atomic E-state index is -5.17. The van der Waals surface area contributed by atoms with Crippen LogP contribution in [-0.2, 0) is 25.4 Å². The van der Waals surface area contributed by atoms with Crippen LogP contribution in [0.4, 0.5) is 26.3 Å². The summed E-state index contributed by atoms with van der Waals surface area (Å²) in [5, 5.41) is 0. The van der Waals surface area contributed by atoms with Gasteiger partial charge in [-0.3, -0.25) is 0 Å². The van der Waals surface area contributed by atoms with Gasteiger partial charge in [0.25, 0.3) is 0 Å². The molecule has 0 unspecified atom stereocenters. The molecular weight excluding hydrogens is 402 g/mol. The van der Waals surface area contributed by atoms with Gasteiger partial charge in [-0.15, -0.1) is 0 Å². The zero-order valence-corrected chi connectivity index (χ0v) is 16.1. The molecular formula is C24H18F6. The van der Waals surface area contributed by atoms with Gasteiger partial charge in [0.05, 0.1) is 0 Å². The van der Waals surface area contributed by atoms with Crippen molar-refractivity contribution in [2.24, 2.45) is 0 Å². The molecule has 3 aromatic rings. The third-order valence-corrected chi connectivity index (χ3v) is 5.49. The molecule has 156 valence electrons. The third kappa shape index (κ3) is 3.59. The maximum atomic E-state index is 14.9. The van der Waals surface area contributed by atoms with Gasteiger partial charge in [0.2, 0.25) is 0 Å². The highest BCUT2D eigenvalue weighted by Crippen LogP contribution is 2.40. The summed E-state index contributed by atoms with van der Waals surface area (Å²) < 4.78 is 81.3. The number of aryl methyl sites for hydroxylation is 3. The Morgan fingerprint density at radius 3 is 1.97 bits per heavy atom. The van der Waals surface area contributed by atoms with Crippen molar-refractivity contribution in [1.29, 1.82) is 0 Å². The molecule has 0 aliphatic heterocycles. The van der Waals surface area contributed by atoms with Gasteiger partial charge in [0, 0.05) is 5.56 Å². The van der Waals surface area contributed by atoms with Crippen LogP contribution in [0.15, 0.2) is 42.5 Å². The van der Waals surface area contributed by atoms with E-state index in [-0.39, 0.29) is 11.1 Å². The van der Waals surface area contributed by atoms with Gasteiger partial charge in [0.1, 0.15) is 23.0 Å². The molecule has 0 fully saturated rings. The molecule has 0 saturated heterocycles. The van der Waals surface area contributed by atoms with E-state index in [9.17, 15) is 26.3 Å². The number of hydrogen-bond acceptors (Lipinski definition) is 0. The van der Waals surface area contributed by atoms with Gasteiger partial charge in [-0.25, -0.2) is 13.2 Å². The Labute approximate surface area is 170 Å². The maximum absolute atomic E-state index is 14.9. The van der Waals surface area contributed by atoms with Crippen LogP contribution in [-0.4, -0.2) is 0 Å². The zero-order chi connectivity index (χ0) is 21.6. The second-order valence-electron chi connectivity index (χ2n) is 7.54. The molecule has 0 spiro atoms. The monoisotopic (exact) mass is 420 g/mol. The predicted molar refractivity (Wildman–Crippen MR) is 104 cm³/mol. The second kappa shape index (κ2) is 7.49. The highest BCUT2D eigenvalue weighted by molar-refractivity contribution is 5.78. The summed E-state index contributed by atoms with van der Waals surface area (Å²) in [5.74, 6) is -4.26. The van der Waals surface area contributed by atoms with Crippen LogP contribution in [0, 0.1) is 17.5 Å². The molecule has 0 nitrogen and oxygen atoms in total. The Balaban J connectivity index is 1.79. The molecule has 6 heteroatoms. The summed E-state index contributed by atoms with van der Waals surface area (Å²) in [6.45, 7) is 2.10. The molecule has 0 N–H and O–H groups in total. The minimum Gasteiger partial charge on any atom is -0.206 e. The fourth-order valence-electron chi connectivity index (χ4n) is 4.13. The average Bonchev–Trinajstić information content (AvgIpc) is 2.65. The van der Waals surface area contributed by atoms with Crippen molar-refractivity contribution in [2.45, 2.75) is 38.8 Å². The lowest BCUT2D eigenvalue weighted by Crippen LogP contribution is -2.11. The molecule has 4 rings (SSSR count). The van der Waals surface area contributed by atoms with Crippen LogP contribution >= 0.6 is 0 Å². The van der Waals surface area contributed by atoms with E-state index in [1.807, 2.05) is 12.1 Å². The lowest BCUT2D eigenvalue weighted by molar-refractivity contribution is -0.142. The maximum Gasteiger partial charge on any atom is 0.422 e. The number of hydrogen-bond donors (Lipinski definition) is 0. The van der Waals surface area contributed by atoms with Crippen molar-refractivity contribution in [3.8, 4) is 22.3 Å². The summed E-state index contributed by atoms with van der Waals surface area (Å²) in [6.07, 6.45) is -1.84. The van der Waals surface area contributed by atoms with Gasteiger partial charge in [0.15, 0.2) is 0 Å². The molecule has 0 saturated carbocycles. The van der Waals surface area contributed by atoms with E-state index in [4.69, 9.17) is 0 Å². The normalized spacial score (nSPS) is 13.2. The van der Waals surface area contributed by atoms with Gasteiger partial charge >= 0.3 is 6.18 Å². The van der Waals surface area contributed by atoms with Crippen molar-refractivity contribution in [2.75, 3.05) is 0 Å². The fourth-order valence-corrected chi connectivity index (χ4v) is 4.13. The van der Waals surface area contributed by atoms with Crippen LogP contribution in [0.2, 0.25) is 0 Å². The standard InChI is InChI=1S/C24H18F6/c1-2-3-13-4-7-17-14(8-13)5-6-15-9-19(20(25)12-18(15)17)16-10-21(26)23(22(27)11-16)24(28,29)30/h4,7-12H,2-3,5-6H2,1H3. The van der Waals surface area contributed by atoms with E-state index in [1.54, 1.807) is 0 Å². The quantitative estimate of drug-likeness (QED) is 0.385. The lowest BCUT2D eigenvalue weighted by Gasteiger charge is -2.22. The number of fused-ring (bicyclic) bond motifs is 3. The largest absolute Gasteiger partial charge is 0.422 e. The van der Waals surface area contributed by atoms with Crippen LogP contribution in [0.25, 0.3) is 22.3 Å². The summed E-state index contributed by atoms with van der Waals surface area (Å²) in [6, 6.07) is 9.92. The fraction of sp³-hybridized carbons (Fsp3) is 0.250. The topological polar surface area (TPSA) is 0 Å². The summed E-state index contributed by atoms with van der Waals surface area (Å²) >= 11 is 0. The van der Waals surface area contributed by atoms with E-state index in [2.05, 4.69) is 13.0 Å². The molecule has 3 aromatic carbocycles. The van der Waals surface area contributed by atoms with Crippen LogP contribution in [0.3, 0.4) is 0 Å². The smallest absolute Gasteiger partial charge is 0.206 e. The average molecular weight is 420 g/mol. The van der Waals surface area contributed by atoms with Gasteiger partial charge in [-0.1, -0.05) is 31.5 Å². The first-order chi connectivity index (χ1) is 14.2. The SMILES string of the molecule is CCCc1ccc2c(c1)CCc1cc(-c3cc(F)c(C(F)(F)F)c(F)c3)c(F)cc1-2. The Hall–Kier alpha value is -2.76. The molecule has 0 atom stereocenters. The number of alkyl halides is 3. The minimum absolute atomic E-state index is 0.119. The van der Waals surface area contributed by atoms with Crippen LogP contribution in [0.5, 0.6) is 0 Å². The zero-order valence-electron chi connectivity index (χ0n) is 16.1. The van der Waals surface area contributed by atoms with Crippen molar-refractivity contribution in [3.05, 3.63) is 82.2 Å².